The third-order valence-corrected chi connectivity index (χ3v) is 3.70. The molecule has 6 nitrogen and oxygen atoms in total. The molecule has 0 aromatic carbocycles. The van der Waals surface area contributed by atoms with E-state index >= 15 is 0 Å². The van der Waals surface area contributed by atoms with E-state index in [0.29, 0.717) is 25.5 Å². The highest BCUT2D eigenvalue weighted by atomic mass is 19.4. The van der Waals surface area contributed by atoms with Crippen LogP contribution in [0.4, 0.5) is 19.1 Å². The second-order valence-corrected chi connectivity index (χ2v) is 5.28. The highest BCUT2D eigenvalue weighted by molar-refractivity contribution is 5.69. The maximum atomic E-state index is 12.5. The summed E-state index contributed by atoms with van der Waals surface area (Å²) in [5, 5.41) is 0. The van der Waals surface area contributed by atoms with Crippen molar-refractivity contribution in [3.05, 3.63) is 18.0 Å². The molecular weight excluding hydrogens is 313 g/mol. The fourth-order valence-corrected chi connectivity index (χ4v) is 2.35. The third kappa shape index (κ3) is 5.05. The van der Waals surface area contributed by atoms with E-state index < -0.39 is 11.7 Å². The summed E-state index contributed by atoms with van der Waals surface area (Å²) >= 11 is 0. The van der Waals surface area contributed by atoms with Crippen molar-refractivity contribution in [1.29, 1.82) is 0 Å². The molecule has 0 bridgehead atoms. The molecule has 128 valence electrons. The minimum absolute atomic E-state index is 0.221. The van der Waals surface area contributed by atoms with Gasteiger partial charge in [0.1, 0.15) is 0 Å². The van der Waals surface area contributed by atoms with Crippen molar-refractivity contribution >= 4 is 11.9 Å². The Hall–Kier alpha value is -1.90. The molecule has 0 saturated carbocycles. The number of aromatic nitrogens is 2. The van der Waals surface area contributed by atoms with E-state index in [9.17, 15) is 18.0 Å². The van der Waals surface area contributed by atoms with Crippen LogP contribution in [0.25, 0.3) is 0 Å². The standard InChI is InChI=1S/C14H19F3N4O2/c1-23-12(22)3-2-4-20-5-7-21(8-6-20)13-18-9-11(10-19-13)14(15,16)17/h9-10H,2-8H2,1H3. The molecule has 2 heterocycles. The molecule has 0 amide bonds. The molecule has 1 aliphatic rings. The lowest BCUT2D eigenvalue weighted by molar-refractivity contribution is -0.141. The van der Waals surface area contributed by atoms with Crippen LogP contribution in [-0.4, -0.2) is 60.7 Å². The molecular formula is C14H19F3N4O2. The third-order valence-electron chi connectivity index (χ3n) is 3.70. The Bertz CT molecular complexity index is 514. The SMILES string of the molecule is COC(=O)CCCN1CCN(c2ncc(C(F)(F)F)cn2)CC1. The van der Waals surface area contributed by atoms with E-state index in [4.69, 9.17) is 0 Å². The predicted molar refractivity (Wildman–Crippen MR) is 76.9 cm³/mol. The lowest BCUT2D eigenvalue weighted by atomic mass is 10.2. The van der Waals surface area contributed by atoms with E-state index in [1.54, 1.807) is 0 Å². The van der Waals surface area contributed by atoms with Gasteiger partial charge in [0.15, 0.2) is 0 Å². The van der Waals surface area contributed by atoms with Crippen molar-refractivity contribution in [1.82, 2.24) is 14.9 Å². The summed E-state index contributed by atoms with van der Waals surface area (Å²) in [7, 11) is 1.37. The Morgan fingerprint density at radius 3 is 2.35 bits per heavy atom. The average molecular weight is 332 g/mol. The number of carbonyl (C=O) groups is 1. The molecule has 1 aromatic rings. The summed E-state index contributed by atoms with van der Waals surface area (Å²) in [4.78, 5) is 22.7. The number of rotatable bonds is 5. The first-order valence-corrected chi connectivity index (χ1v) is 7.33. The first-order valence-electron chi connectivity index (χ1n) is 7.33. The van der Waals surface area contributed by atoms with Crippen LogP contribution in [0.2, 0.25) is 0 Å². The van der Waals surface area contributed by atoms with Crippen LogP contribution in [0.5, 0.6) is 0 Å². The van der Waals surface area contributed by atoms with Crippen LogP contribution in [0.15, 0.2) is 12.4 Å². The molecule has 1 saturated heterocycles. The molecule has 0 radical (unpaired) electrons. The Labute approximate surface area is 132 Å². The second-order valence-electron chi connectivity index (χ2n) is 5.28. The number of nitrogens with zero attached hydrogens (tertiary/aromatic N) is 4. The van der Waals surface area contributed by atoms with Crippen molar-refractivity contribution in [2.75, 3.05) is 44.7 Å². The van der Waals surface area contributed by atoms with Gasteiger partial charge in [0.2, 0.25) is 5.95 Å². The van der Waals surface area contributed by atoms with Gasteiger partial charge in [-0.25, -0.2) is 9.97 Å². The molecule has 0 unspecified atom stereocenters. The summed E-state index contributed by atoms with van der Waals surface area (Å²) in [6.07, 6.45) is -1.69. The fourth-order valence-electron chi connectivity index (χ4n) is 2.35. The second kappa shape index (κ2) is 7.58. The van der Waals surface area contributed by atoms with Crippen LogP contribution in [0.3, 0.4) is 0 Å². The number of methoxy groups -OCH3 is 1. The normalized spacial score (nSPS) is 16.4. The Morgan fingerprint density at radius 2 is 1.83 bits per heavy atom. The van der Waals surface area contributed by atoms with Gasteiger partial charge in [-0.2, -0.15) is 13.2 Å². The minimum Gasteiger partial charge on any atom is -0.469 e. The zero-order valence-corrected chi connectivity index (χ0v) is 12.8. The molecule has 0 spiro atoms. The van der Waals surface area contributed by atoms with Gasteiger partial charge in [0.25, 0.3) is 0 Å². The molecule has 1 aromatic heterocycles. The van der Waals surface area contributed by atoms with Crippen molar-refractivity contribution in [3.8, 4) is 0 Å². The molecule has 0 atom stereocenters. The van der Waals surface area contributed by atoms with Crippen LogP contribution >= 0.6 is 0 Å². The van der Waals surface area contributed by atoms with E-state index in [1.165, 1.54) is 7.11 Å². The fraction of sp³-hybridized carbons (Fsp3) is 0.643. The van der Waals surface area contributed by atoms with Gasteiger partial charge in [-0.3, -0.25) is 9.69 Å². The highest BCUT2D eigenvalue weighted by Gasteiger charge is 2.31. The van der Waals surface area contributed by atoms with Crippen LogP contribution < -0.4 is 4.90 Å². The smallest absolute Gasteiger partial charge is 0.419 e. The van der Waals surface area contributed by atoms with Gasteiger partial charge in [0, 0.05) is 45.0 Å². The predicted octanol–water partition coefficient (Wildman–Crippen LogP) is 1.57. The number of carbonyl (C=O) groups excluding carboxylic acids is 1. The van der Waals surface area contributed by atoms with Gasteiger partial charge in [0.05, 0.1) is 12.7 Å². The van der Waals surface area contributed by atoms with E-state index in [2.05, 4.69) is 19.6 Å². The summed E-state index contributed by atoms with van der Waals surface area (Å²) in [5.41, 5.74) is -0.845. The molecule has 1 fully saturated rings. The van der Waals surface area contributed by atoms with Gasteiger partial charge >= 0.3 is 12.1 Å². The van der Waals surface area contributed by atoms with Crippen molar-refractivity contribution < 1.29 is 22.7 Å². The summed E-state index contributed by atoms with van der Waals surface area (Å²) in [5.74, 6) is 0.0917. The topological polar surface area (TPSA) is 58.6 Å². The van der Waals surface area contributed by atoms with Crippen LogP contribution in [-0.2, 0) is 15.7 Å². The molecule has 1 aliphatic heterocycles. The summed E-state index contributed by atoms with van der Waals surface area (Å²) < 4.78 is 42.0. The van der Waals surface area contributed by atoms with Gasteiger partial charge in [-0.05, 0) is 13.0 Å². The zero-order chi connectivity index (χ0) is 16.9. The number of piperazine rings is 1. The molecule has 23 heavy (non-hydrogen) atoms. The number of ether oxygens (including phenoxy) is 1. The number of hydrogen-bond donors (Lipinski definition) is 0. The van der Waals surface area contributed by atoms with Crippen molar-refractivity contribution in [2.24, 2.45) is 0 Å². The van der Waals surface area contributed by atoms with Crippen molar-refractivity contribution in [3.63, 3.8) is 0 Å². The molecule has 0 aliphatic carbocycles. The van der Waals surface area contributed by atoms with Gasteiger partial charge in [-0.1, -0.05) is 0 Å². The van der Waals surface area contributed by atoms with Gasteiger partial charge < -0.3 is 9.64 Å². The maximum absolute atomic E-state index is 12.5. The summed E-state index contributed by atoms with van der Waals surface area (Å²) in [6.45, 7) is 3.58. The first-order chi connectivity index (χ1) is 10.9. The lowest BCUT2D eigenvalue weighted by Gasteiger charge is -2.34. The van der Waals surface area contributed by atoms with Crippen LogP contribution in [0, 0.1) is 0 Å². The maximum Gasteiger partial charge on any atom is 0.419 e. The number of anilines is 1. The average Bonchev–Trinajstić information content (AvgIpc) is 2.54. The number of alkyl halides is 3. The number of hydrogen-bond acceptors (Lipinski definition) is 6. The lowest BCUT2D eigenvalue weighted by Crippen LogP contribution is -2.47. The monoisotopic (exact) mass is 332 g/mol. The Kier molecular flexibility index (Phi) is 5.75. The molecule has 0 N–H and O–H groups in total. The summed E-state index contributed by atoms with van der Waals surface area (Å²) in [6, 6.07) is 0. The Balaban J connectivity index is 1.79. The van der Waals surface area contributed by atoms with E-state index in [-0.39, 0.29) is 5.97 Å². The Morgan fingerprint density at radius 1 is 1.22 bits per heavy atom. The highest BCUT2D eigenvalue weighted by Crippen LogP contribution is 2.28. The zero-order valence-electron chi connectivity index (χ0n) is 12.8. The molecule has 9 heteroatoms. The first kappa shape index (κ1) is 17.5. The van der Waals surface area contributed by atoms with Crippen LogP contribution in [0.1, 0.15) is 18.4 Å². The quantitative estimate of drug-likeness (QED) is 0.763. The number of halogens is 3. The minimum atomic E-state index is -4.42. The van der Waals surface area contributed by atoms with Crippen molar-refractivity contribution in [2.45, 2.75) is 19.0 Å². The largest absolute Gasteiger partial charge is 0.469 e. The number of esters is 1. The molecule has 2 rings (SSSR count). The van der Waals surface area contributed by atoms with Gasteiger partial charge in [-0.15, -0.1) is 0 Å². The van der Waals surface area contributed by atoms with E-state index in [0.717, 1.165) is 38.4 Å². The van der Waals surface area contributed by atoms with E-state index in [1.807, 2.05) is 4.90 Å².